The molecule has 0 spiro atoms. The molecular weight excluding hydrogens is 470 g/mol. The van der Waals surface area contributed by atoms with Crippen LogP contribution in [0.3, 0.4) is 0 Å². The molecule has 0 radical (unpaired) electrons. The third kappa shape index (κ3) is 5.83. The molecular formula is C21H20Cl2F3N3O3. The number of benzene rings is 1. The van der Waals surface area contributed by atoms with Crippen LogP contribution in [0.1, 0.15) is 25.3 Å². The van der Waals surface area contributed by atoms with Gasteiger partial charge in [-0.25, -0.2) is 4.98 Å². The van der Waals surface area contributed by atoms with Gasteiger partial charge in [0, 0.05) is 19.3 Å². The van der Waals surface area contributed by atoms with Gasteiger partial charge in [-0.15, -0.1) is 0 Å². The summed E-state index contributed by atoms with van der Waals surface area (Å²) in [4.78, 5) is 30.5. The average molecular weight is 490 g/mol. The van der Waals surface area contributed by atoms with E-state index in [9.17, 15) is 22.8 Å². The summed E-state index contributed by atoms with van der Waals surface area (Å²) in [6, 6.07) is 7.07. The molecule has 0 unspecified atom stereocenters. The minimum absolute atomic E-state index is 0.185. The zero-order valence-electron chi connectivity index (χ0n) is 17.0. The van der Waals surface area contributed by atoms with Crippen molar-refractivity contribution in [1.29, 1.82) is 0 Å². The lowest BCUT2D eigenvalue weighted by Crippen LogP contribution is -2.39. The molecule has 1 atom stereocenters. The molecule has 172 valence electrons. The number of carbonyl (C=O) groups excluding carboxylic acids is 2. The Hall–Kier alpha value is -2.52. The Labute approximate surface area is 192 Å². The summed E-state index contributed by atoms with van der Waals surface area (Å²) >= 11 is 12.0. The molecule has 1 N–H and O–H groups in total. The molecule has 32 heavy (non-hydrogen) atoms. The highest BCUT2D eigenvalue weighted by molar-refractivity contribution is 6.44. The molecule has 1 fully saturated rings. The Balaban J connectivity index is 1.50. The third-order valence-electron chi connectivity index (χ3n) is 5.10. The first-order chi connectivity index (χ1) is 15.1. The first-order valence-electron chi connectivity index (χ1n) is 9.80. The summed E-state index contributed by atoms with van der Waals surface area (Å²) < 4.78 is 43.3. The number of esters is 1. The summed E-state index contributed by atoms with van der Waals surface area (Å²) in [5.41, 5.74) is -0.504. The number of halogens is 5. The third-order valence-corrected chi connectivity index (χ3v) is 5.92. The molecule has 11 heteroatoms. The number of pyridine rings is 1. The van der Waals surface area contributed by atoms with Crippen molar-refractivity contribution in [1.82, 2.24) is 4.98 Å². The van der Waals surface area contributed by atoms with E-state index in [2.05, 4.69) is 10.3 Å². The number of nitrogens with one attached hydrogen (secondary N) is 1. The Kier molecular flexibility index (Phi) is 7.51. The van der Waals surface area contributed by atoms with Gasteiger partial charge in [-0.1, -0.05) is 29.3 Å². The SMILES string of the molecule is C[C@@H](OC(=O)C1CCN(c2ccc(C(F)(F)F)cn2)CC1)C(=O)Nc1cccc(Cl)c1Cl. The fourth-order valence-corrected chi connectivity index (χ4v) is 3.59. The molecule has 1 saturated heterocycles. The van der Waals surface area contributed by atoms with Crippen molar-refractivity contribution in [2.75, 3.05) is 23.3 Å². The van der Waals surface area contributed by atoms with E-state index in [1.54, 1.807) is 23.1 Å². The normalized spacial score (nSPS) is 15.9. The fraction of sp³-hybridized carbons (Fsp3) is 0.381. The molecule has 1 aromatic carbocycles. The minimum Gasteiger partial charge on any atom is -0.452 e. The summed E-state index contributed by atoms with van der Waals surface area (Å²) in [5.74, 6) is -1.07. The number of ether oxygens (including phenoxy) is 1. The second kappa shape index (κ2) is 9.95. The number of nitrogens with zero attached hydrogens (tertiary/aromatic N) is 2. The zero-order valence-corrected chi connectivity index (χ0v) is 18.5. The van der Waals surface area contributed by atoms with Crippen LogP contribution in [0.4, 0.5) is 24.7 Å². The zero-order chi connectivity index (χ0) is 23.5. The van der Waals surface area contributed by atoms with Crippen molar-refractivity contribution >= 4 is 46.6 Å². The molecule has 1 aromatic heterocycles. The van der Waals surface area contributed by atoms with E-state index in [-0.39, 0.29) is 10.0 Å². The monoisotopic (exact) mass is 489 g/mol. The Morgan fingerprint density at radius 1 is 1.19 bits per heavy atom. The fourth-order valence-electron chi connectivity index (χ4n) is 3.24. The first-order valence-corrected chi connectivity index (χ1v) is 10.6. The highest BCUT2D eigenvalue weighted by Crippen LogP contribution is 2.31. The van der Waals surface area contributed by atoms with Gasteiger partial charge >= 0.3 is 12.1 Å². The Bertz CT molecular complexity index is 978. The maximum absolute atomic E-state index is 12.7. The summed E-state index contributed by atoms with van der Waals surface area (Å²) in [6.07, 6.45) is -3.84. The number of anilines is 2. The predicted molar refractivity (Wildman–Crippen MR) is 115 cm³/mol. The van der Waals surface area contributed by atoms with Gasteiger partial charge in [0.15, 0.2) is 6.10 Å². The van der Waals surface area contributed by atoms with E-state index in [0.29, 0.717) is 37.4 Å². The average Bonchev–Trinajstić information content (AvgIpc) is 2.76. The van der Waals surface area contributed by atoms with Gasteiger partial charge in [0.25, 0.3) is 5.91 Å². The largest absolute Gasteiger partial charge is 0.452 e. The van der Waals surface area contributed by atoms with Gasteiger partial charge in [-0.05, 0) is 44.0 Å². The number of alkyl halides is 3. The molecule has 0 bridgehead atoms. The molecule has 0 saturated carbocycles. The maximum atomic E-state index is 12.7. The van der Waals surface area contributed by atoms with E-state index in [0.717, 1.165) is 12.3 Å². The van der Waals surface area contributed by atoms with Gasteiger partial charge in [0.1, 0.15) is 5.82 Å². The summed E-state index contributed by atoms with van der Waals surface area (Å²) in [7, 11) is 0. The Morgan fingerprint density at radius 2 is 1.88 bits per heavy atom. The van der Waals surface area contributed by atoms with Gasteiger partial charge in [0.05, 0.1) is 27.2 Å². The van der Waals surface area contributed by atoms with E-state index in [1.165, 1.54) is 13.0 Å². The molecule has 2 aromatic rings. The lowest BCUT2D eigenvalue weighted by atomic mass is 9.97. The van der Waals surface area contributed by atoms with Crippen molar-refractivity contribution in [3.8, 4) is 0 Å². The van der Waals surface area contributed by atoms with Gasteiger partial charge in [0.2, 0.25) is 0 Å². The Morgan fingerprint density at radius 3 is 2.47 bits per heavy atom. The lowest BCUT2D eigenvalue weighted by Gasteiger charge is -2.32. The molecule has 1 amide bonds. The van der Waals surface area contributed by atoms with Crippen LogP contribution >= 0.6 is 23.2 Å². The van der Waals surface area contributed by atoms with Gasteiger partial charge < -0.3 is 15.0 Å². The van der Waals surface area contributed by atoms with Crippen molar-refractivity contribution < 1.29 is 27.5 Å². The minimum atomic E-state index is -4.44. The number of piperidine rings is 1. The smallest absolute Gasteiger partial charge is 0.417 e. The van der Waals surface area contributed by atoms with Crippen LogP contribution in [0.15, 0.2) is 36.5 Å². The maximum Gasteiger partial charge on any atom is 0.417 e. The highest BCUT2D eigenvalue weighted by Gasteiger charge is 2.32. The van der Waals surface area contributed by atoms with Crippen LogP contribution in [-0.4, -0.2) is 36.1 Å². The van der Waals surface area contributed by atoms with Gasteiger partial charge in [-0.2, -0.15) is 13.2 Å². The molecule has 0 aliphatic carbocycles. The number of aromatic nitrogens is 1. The van der Waals surface area contributed by atoms with E-state index < -0.39 is 35.6 Å². The topological polar surface area (TPSA) is 71.5 Å². The quantitative estimate of drug-likeness (QED) is 0.584. The number of carbonyl (C=O) groups is 2. The molecule has 1 aliphatic rings. The summed E-state index contributed by atoms with van der Waals surface area (Å²) in [6.45, 7) is 2.31. The van der Waals surface area contributed by atoms with Crippen LogP contribution in [0.5, 0.6) is 0 Å². The molecule has 2 heterocycles. The van der Waals surface area contributed by atoms with Crippen molar-refractivity contribution in [3.05, 3.63) is 52.1 Å². The van der Waals surface area contributed by atoms with Crippen LogP contribution in [-0.2, 0) is 20.5 Å². The highest BCUT2D eigenvalue weighted by atomic mass is 35.5. The second-order valence-corrected chi connectivity index (χ2v) is 8.12. The van der Waals surface area contributed by atoms with E-state index in [4.69, 9.17) is 27.9 Å². The van der Waals surface area contributed by atoms with Crippen LogP contribution in [0.25, 0.3) is 0 Å². The second-order valence-electron chi connectivity index (χ2n) is 7.33. The van der Waals surface area contributed by atoms with Crippen LogP contribution in [0.2, 0.25) is 10.0 Å². The standard InChI is InChI=1S/C21H20Cl2F3N3O3/c1-12(19(30)28-16-4-2-3-15(22)18(16)23)32-20(31)13-7-9-29(10-8-13)17-6-5-14(11-27-17)21(24,25)26/h2-6,11-13H,7-10H2,1H3,(H,28,30)/t12-/m1/s1. The van der Waals surface area contributed by atoms with E-state index >= 15 is 0 Å². The van der Waals surface area contributed by atoms with Crippen LogP contribution < -0.4 is 10.2 Å². The number of amides is 1. The van der Waals surface area contributed by atoms with Crippen molar-refractivity contribution in [2.24, 2.45) is 5.92 Å². The molecule has 6 nitrogen and oxygen atoms in total. The molecule has 1 aliphatic heterocycles. The predicted octanol–water partition coefficient (Wildman–Crippen LogP) is 5.19. The summed E-state index contributed by atoms with van der Waals surface area (Å²) in [5, 5.41) is 3.04. The van der Waals surface area contributed by atoms with E-state index in [1.807, 2.05) is 0 Å². The van der Waals surface area contributed by atoms with Crippen LogP contribution in [0, 0.1) is 5.92 Å². The number of hydrogen-bond acceptors (Lipinski definition) is 5. The molecule has 3 rings (SSSR count). The first kappa shape index (κ1) is 24.1. The van der Waals surface area contributed by atoms with Gasteiger partial charge in [-0.3, -0.25) is 9.59 Å². The number of rotatable bonds is 5. The van der Waals surface area contributed by atoms with Crippen molar-refractivity contribution in [3.63, 3.8) is 0 Å². The lowest BCUT2D eigenvalue weighted by molar-refractivity contribution is -0.158. The van der Waals surface area contributed by atoms with Crippen molar-refractivity contribution in [2.45, 2.75) is 32.0 Å². The number of hydrogen-bond donors (Lipinski definition) is 1.